The van der Waals surface area contributed by atoms with Crippen molar-refractivity contribution in [3.63, 3.8) is 0 Å². The summed E-state index contributed by atoms with van der Waals surface area (Å²) in [6, 6.07) is 18.6. The first kappa shape index (κ1) is 29.3. The van der Waals surface area contributed by atoms with Gasteiger partial charge in [-0.15, -0.1) is 0 Å². The highest BCUT2D eigenvalue weighted by molar-refractivity contribution is 6.07. The van der Waals surface area contributed by atoms with Gasteiger partial charge in [0, 0.05) is 69.0 Å². The molecule has 0 unspecified atom stereocenters. The van der Waals surface area contributed by atoms with Crippen molar-refractivity contribution in [2.24, 2.45) is 0 Å². The van der Waals surface area contributed by atoms with E-state index in [-0.39, 0.29) is 22.8 Å². The van der Waals surface area contributed by atoms with E-state index in [2.05, 4.69) is 36.3 Å². The van der Waals surface area contributed by atoms with E-state index in [1.165, 1.54) is 23.8 Å². The molecule has 220 valence electrons. The van der Waals surface area contributed by atoms with Gasteiger partial charge in [0.25, 0.3) is 17.7 Å². The van der Waals surface area contributed by atoms with Crippen molar-refractivity contribution in [1.82, 2.24) is 15.1 Å². The number of halogens is 1. The lowest BCUT2D eigenvalue weighted by atomic mass is 9.86. The number of hydrogen-bond acceptors (Lipinski definition) is 5. The zero-order chi connectivity index (χ0) is 29.9. The molecule has 2 N–H and O–H groups in total. The van der Waals surface area contributed by atoms with Crippen molar-refractivity contribution < 1.29 is 18.8 Å². The van der Waals surface area contributed by atoms with Gasteiger partial charge in [-0.3, -0.25) is 14.4 Å². The number of carbonyl (C=O) groups excluding carboxylic acids is 3. The molecule has 2 fully saturated rings. The number of benzene rings is 3. The molecule has 2 aliphatic heterocycles. The highest BCUT2D eigenvalue weighted by atomic mass is 19.1. The molecule has 0 radical (unpaired) electrons. The Morgan fingerprint density at radius 3 is 2.00 bits per heavy atom. The molecule has 0 saturated carbocycles. The van der Waals surface area contributed by atoms with Gasteiger partial charge < -0.3 is 25.3 Å². The Hall–Kier alpha value is -4.24. The lowest BCUT2D eigenvalue weighted by Crippen LogP contribution is -2.49. The summed E-state index contributed by atoms with van der Waals surface area (Å²) in [6.45, 7) is 11.3. The smallest absolute Gasteiger partial charge is 0.255 e. The first-order valence-corrected chi connectivity index (χ1v) is 14.5. The number of carbonyl (C=O) groups is 3. The molecule has 0 spiro atoms. The fraction of sp³-hybridized carbons (Fsp3) is 0.364. The minimum Gasteiger partial charge on any atom is -0.366 e. The lowest BCUT2D eigenvalue weighted by molar-refractivity contribution is 0.0731. The average Bonchev–Trinajstić information content (AvgIpc) is 3.00. The van der Waals surface area contributed by atoms with Crippen LogP contribution in [0.4, 0.5) is 15.8 Å². The predicted molar refractivity (Wildman–Crippen MR) is 163 cm³/mol. The van der Waals surface area contributed by atoms with Crippen LogP contribution in [0.15, 0.2) is 66.7 Å². The van der Waals surface area contributed by atoms with Crippen LogP contribution in [0, 0.1) is 5.82 Å². The molecule has 3 amide bonds. The maximum Gasteiger partial charge on any atom is 0.255 e. The fourth-order valence-corrected chi connectivity index (χ4v) is 5.37. The number of hydrogen-bond donors (Lipinski definition) is 2. The van der Waals surface area contributed by atoms with Gasteiger partial charge >= 0.3 is 0 Å². The summed E-state index contributed by atoms with van der Waals surface area (Å²) >= 11 is 0. The predicted octanol–water partition coefficient (Wildman–Crippen LogP) is 4.38. The van der Waals surface area contributed by atoms with Crippen LogP contribution in [-0.4, -0.2) is 79.9 Å². The molecule has 2 saturated heterocycles. The second-order valence-corrected chi connectivity index (χ2v) is 11.8. The summed E-state index contributed by atoms with van der Waals surface area (Å²) in [5.74, 6) is -1.07. The summed E-state index contributed by atoms with van der Waals surface area (Å²) in [5, 5.41) is 6.16. The molecule has 0 bridgehead atoms. The summed E-state index contributed by atoms with van der Waals surface area (Å²) in [7, 11) is 0. The number of piperazine rings is 2. The largest absolute Gasteiger partial charge is 0.366 e. The molecule has 2 aliphatic rings. The van der Waals surface area contributed by atoms with E-state index in [1.54, 1.807) is 23.1 Å². The van der Waals surface area contributed by atoms with E-state index in [1.807, 2.05) is 35.2 Å². The van der Waals surface area contributed by atoms with Crippen LogP contribution in [0.5, 0.6) is 0 Å². The first-order valence-electron chi connectivity index (χ1n) is 14.5. The molecular formula is C33H38FN5O3. The molecule has 3 aromatic rings. The van der Waals surface area contributed by atoms with Crippen molar-refractivity contribution >= 4 is 29.1 Å². The Kier molecular flexibility index (Phi) is 8.59. The van der Waals surface area contributed by atoms with Gasteiger partial charge in [0.1, 0.15) is 5.82 Å². The molecule has 5 rings (SSSR count). The van der Waals surface area contributed by atoms with Gasteiger partial charge in [0.05, 0.1) is 11.4 Å². The molecule has 2 heterocycles. The molecule has 8 nitrogen and oxygen atoms in total. The van der Waals surface area contributed by atoms with Gasteiger partial charge in [-0.2, -0.15) is 0 Å². The summed E-state index contributed by atoms with van der Waals surface area (Å²) < 4.78 is 13.8. The van der Waals surface area contributed by atoms with Crippen molar-refractivity contribution in [3.05, 3.63) is 94.8 Å². The maximum absolute atomic E-state index is 13.8. The number of nitrogens with one attached hydrogen (secondary N) is 2. The van der Waals surface area contributed by atoms with Crippen molar-refractivity contribution in [2.75, 3.05) is 62.6 Å². The van der Waals surface area contributed by atoms with E-state index in [0.717, 1.165) is 18.8 Å². The Bertz CT molecular complexity index is 1450. The zero-order valence-electron chi connectivity index (χ0n) is 24.5. The molecule has 0 aromatic heterocycles. The monoisotopic (exact) mass is 571 g/mol. The van der Waals surface area contributed by atoms with Crippen LogP contribution in [0.3, 0.4) is 0 Å². The van der Waals surface area contributed by atoms with Gasteiger partial charge in [0.2, 0.25) is 0 Å². The van der Waals surface area contributed by atoms with Crippen LogP contribution in [0.2, 0.25) is 0 Å². The topological polar surface area (TPSA) is 85.0 Å². The van der Waals surface area contributed by atoms with Crippen LogP contribution in [0.25, 0.3) is 0 Å². The van der Waals surface area contributed by atoms with E-state index >= 15 is 0 Å². The standard InChI is InChI=1S/C33H38FN5O3/c1-33(2,3)26-10-7-23(8-11-26)31(41)39-19-17-37(18-20-39)29-12-9-25(32(42)38-15-13-35-14-16-38)22-28(29)36-30(40)24-5-4-6-27(34)21-24/h4-12,21-22,35H,13-20H2,1-3H3,(H,36,40). The number of rotatable bonds is 5. The molecule has 0 atom stereocenters. The molecular weight excluding hydrogens is 533 g/mol. The third kappa shape index (κ3) is 6.62. The molecule has 9 heteroatoms. The third-order valence-electron chi connectivity index (χ3n) is 7.89. The van der Waals surface area contributed by atoms with Crippen LogP contribution in [-0.2, 0) is 5.41 Å². The minimum atomic E-state index is -0.501. The average molecular weight is 572 g/mol. The van der Waals surface area contributed by atoms with Crippen molar-refractivity contribution in [2.45, 2.75) is 26.2 Å². The van der Waals surface area contributed by atoms with Gasteiger partial charge in [0.15, 0.2) is 0 Å². The fourth-order valence-electron chi connectivity index (χ4n) is 5.37. The van der Waals surface area contributed by atoms with Crippen LogP contribution >= 0.6 is 0 Å². The minimum absolute atomic E-state index is 0.00768. The number of nitrogens with zero attached hydrogens (tertiary/aromatic N) is 3. The Morgan fingerprint density at radius 2 is 1.36 bits per heavy atom. The Balaban J connectivity index is 1.34. The van der Waals surface area contributed by atoms with Crippen molar-refractivity contribution in [1.29, 1.82) is 0 Å². The van der Waals surface area contributed by atoms with E-state index < -0.39 is 11.7 Å². The maximum atomic E-state index is 13.8. The second kappa shape index (κ2) is 12.3. The summed E-state index contributed by atoms with van der Waals surface area (Å²) in [4.78, 5) is 45.3. The second-order valence-electron chi connectivity index (χ2n) is 11.8. The summed E-state index contributed by atoms with van der Waals surface area (Å²) in [6.07, 6.45) is 0. The van der Waals surface area contributed by atoms with Crippen LogP contribution in [0.1, 0.15) is 57.4 Å². The molecule has 42 heavy (non-hydrogen) atoms. The SMILES string of the molecule is CC(C)(C)c1ccc(C(=O)N2CCN(c3ccc(C(=O)N4CCNCC4)cc3NC(=O)c3cccc(F)c3)CC2)cc1. The van der Waals surface area contributed by atoms with Gasteiger partial charge in [-0.1, -0.05) is 39.0 Å². The van der Waals surface area contributed by atoms with E-state index in [4.69, 9.17) is 0 Å². The van der Waals surface area contributed by atoms with Gasteiger partial charge in [-0.25, -0.2) is 4.39 Å². The van der Waals surface area contributed by atoms with Crippen LogP contribution < -0.4 is 15.5 Å². The van der Waals surface area contributed by atoms with Crippen molar-refractivity contribution in [3.8, 4) is 0 Å². The normalized spacial score (nSPS) is 15.9. The molecule has 0 aliphatic carbocycles. The zero-order valence-corrected chi connectivity index (χ0v) is 24.5. The van der Waals surface area contributed by atoms with Gasteiger partial charge in [-0.05, 0) is 59.5 Å². The molecule has 3 aromatic carbocycles. The lowest BCUT2D eigenvalue weighted by Gasteiger charge is -2.37. The van der Waals surface area contributed by atoms with E-state index in [9.17, 15) is 18.8 Å². The number of anilines is 2. The summed E-state index contributed by atoms with van der Waals surface area (Å²) in [5.41, 5.74) is 3.74. The number of amides is 3. The highest BCUT2D eigenvalue weighted by Gasteiger charge is 2.26. The van der Waals surface area contributed by atoms with E-state index in [0.29, 0.717) is 56.1 Å². The quantitative estimate of drug-likeness (QED) is 0.475. The first-order chi connectivity index (χ1) is 20.1. The highest BCUT2D eigenvalue weighted by Crippen LogP contribution is 2.30. The Labute approximate surface area is 246 Å². The Morgan fingerprint density at radius 1 is 0.738 bits per heavy atom. The third-order valence-corrected chi connectivity index (χ3v) is 7.89.